The molecule has 2 aromatic heterocycles. The average Bonchev–Trinajstić information content (AvgIpc) is 3.28. The number of nitrogens with one attached hydrogen (secondary N) is 3. The van der Waals surface area contributed by atoms with Crippen molar-refractivity contribution in [1.82, 2.24) is 15.0 Å². The van der Waals surface area contributed by atoms with Crippen molar-refractivity contribution in [2.75, 3.05) is 5.32 Å². The molecule has 1 fully saturated rings. The molecule has 4 aromatic rings. The molecule has 0 spiro atoms. The van der Waals surface area contributed by atoms with E-state index in [2.05, 4.69) is 15.3 Å². The molecule has 134 valence electrons. The van der Waals surface area contributed by atoms with Crippen molar-refractivity contribution in [3.8, 4) is 21.8 Å². The lowest BCUT2D eigenvalue weighted by molar-refractivity contribution is -0.117. The highest BCUT2D eigenvalue weighted by Crippen LogP contribution is 2.33. The van der Waals surface area contributed by atoms with Gasteiger partial charge in [-0.15, -0.1) is 11.3 Å². The van der Waals surface area contributed by atoms with Gasteiger partial charge >= 0.3 is 5.69 Å². The summed E-state index contributed by atoms with van der Waals surface area (Å²) in [5.74, 6) is 0.274. The Balaban J connectivity index is 1.44. The van der Waals surface area contributed by atoms with Gasteiger partial charge in [0.15, 0.2) is 0 Å². The molecular weight excluding hydrogens is 360 g/mol. The van der Waals surface area contributed by atoms with Crippen molar-refractivity contribution >= 4 is 34.0 Å². The van der Waals surface area contributed by atoms with Crippen LogP contribution >= 0.6 is 11.3 Å². The number of aromatic amines is 2. The minimum atomic E-state index is -0.217. The van der Waals surface area contributed by atoms with E-state index in [1.54, 1.807) is 11.3 Å². The largest absolute Gasteiger partial charge is 0.326 e. The zero-order valence-electron chi connectivity index (χ0n) is 14.3. The van der Waals surface area contributed by atoms with E-state index >= 15 is 0 Å². The molecule has 1 saturated carbocycles. The van der Waals surface area contributed by atoms with Gasteiger partial charge in [0.25, 0.3) is 0 Å². The zero-order valence-corrected chi connectivity index (χ0v) is 15.1. The predicted molar refractivity (Wildman–Crippen MR) is 107 cm³/mol. The Morgan fingerprint density at radius 1 is 1.07 bits per heavy atom. The number of rotatable bonds is 4. The van der Waals surface area contributed by atoms with Crippen LogP contribution in [0.1, 0.15) is 12.8 Å². The molecule has 1 aliphatic rings. The molecule has 2 heterocycles. The Hall–Kier alpha value is -3.19. The highest BCUT2D eigenvalue weighted by atomic mass is 32.1. The molecule has 27 heavy (non-hydrogen) atoms. The first-order chi connectivity index (χ1) is 13.2. The molecule has 7 heteroatoms. The molecule has 3 N–H and O–H groups in total. The average molecular weight is 376 g/mol. The lowest BCUT2D eigenvalue weighted by Crippen LogP contribution is -2.13. The van der Waals surface area contributed by atoms with Crippen LogP contribution in [0.25, 0.3) is 32.9 Å². The monoisotopic (exact) mass is 376 g/mol. The maximum atomic E-state index is 12.0. The topological polar surface area (TPSA) is 90.6 Å². The Morgan fingerprint density at radius 3 is 2.78 bits per heavy atom. The van der Waals surface area contributed by atoms with Gasteiger partial charge in [0, 0.05) is 28.1 Å². The number of amides is 1. The van der Waals surface area contributed by atoms with Gasteiger partial charge in [-0.05, 0) is 37.1 Å². The molecule has 0 bridgehead atoms. The third-order valence-corrected chi connectivity index (χ3v) is 5.53. The van der Waals surface area contributed by atoms with E-state index in [1.807, 2.05) is 47.8 Å². The van der Waals surface area contributed by atoms with Crippen LogP contribution in [0.4, 0.5) is 5.69 Å². The minimum Gasteiger partial charge on any atom is -0.326 e. The smallest absolute Gasteiger partial charge is 0.323 e. The number of thiazole rings is 1. The summed E-state index contributed by atoms with van der Waals surface area (Å²) in [5.41, 5.74) is 4.88. The quantitative estimate of drug-likeness (QED) is 0.503. The molecule has 1 aliphatic carbocycles. The third-order valence-electron chi connectivity index (χ3n) is 4.64. The Morgan fingerprint density at radius 2 is 1.93 bits per heavy atom. The molecule has 2 aromatic carbocycles. The summed E-state index contributed by atoms with van der Waals surface area (Å²) < 4.78 is 0. The summed E-state index contributed by atoms with van der Waals surface area (Å²) in [7, 11) is 0. The fourth-order valence-corrected chi connectivity index (χ4v) is 3.88. The van der Waals surface area contributed by atoms with Crippen LogP contribution in [0.3, 0.4) is 0 Å². The van der Waals surface area contributed by atoms with Crippen molar-refractivity contribution in [1.29, 1.82) is 0 Å². The van der Waals surface area contributed by atoms with Crippen molar-refractivity contribution in [3.63, 3.8) is 0 Å². The summed E-state index contributed by atoms with van der Waals surface area (Å²) in [5, 5.41) is 5.86. The van der Waals surface area contributed by atoms with Crippen LogP contribution in [0.5, 0.6) is 0 Å². The van der Waals surface area contributed by atoms with E-state index in [9.17, 15) is 9.59 Å². The third kappa shape index (κ3) is 3.17. The Kier molecular flexibility index (Phi) is 3.68. The molecular formula is C20H16N4O2S. The van der Waals surface area contributed by atoms with Crippen molar-refractivity contribution in [2.24, 2.45) is 5.92 Å². The predicted octanol–water partition coefficient (Wildman–Crippen LogP) is 4.00. The first-order valence-electron chi connectivity index (χ1n) is 8.75. The molecule has 0 atom stereocenters. The number of carbonyl (C=O) groups excluding carboxylic acids is 1. The normalized spacial score (nSPS) is 13.8. The molecule has 5 rings (SSSR count). The van der Waals surface area contributed by atoms with E-state index < -0.39 is 0 Å². The number of benzene rings is 2. The summed E-state index contributed by atoms with van der Waals surface area (Å²) in [4.78, 5) is 33.6. The number of hydrogen-bond acceptors (Lipinski definition) is 4. The molecule has 0 saturated heterocycles. The first kappa shape index (κ1) is 16.0. The van der Waals surface area contributed by atoms with Crippen LogP contribution in [-0.2, 0) is 4.79 Å². The zero-order chi connectivity index (χ0) is 18.4. The standard InChI is InChI=1S/C20H16N4O2S/c25-18(11-4-5-11)21-14-3-1-2-13(8-14)19-22-17(10-27-19)12-6-7-15-16(9-12)24-20(26)23-15/h1-3,6-11H,4-5H2,(H,21,25)(H2,23,24,26). The summed E-state index contributed by atoms with van der Waals surface area (Å²) in [6.45, 7) is 0. The number of nitrogens with zero attached hydrogens (tertiary/aromatic N) is 1. The summed E-state index contributed by atoms with van der Waals surface area (Å²) >= 11 is 1.55. The minimum absolute atomic E-state index is 0.0979. The molecule has 0 unspecified atom stereocenters. The number of H-pyrrole nitrogens is 2. The lowest BCUT2D eigenvalue weighted by atomic mass is 10.1. The Bertz CT molecular complexity index is 1220. The number of fused-ring (bicyclic) bond motifs is 1. The molecule has 0 radical (unpaired) electrons. The van der Waals surface area contributed by atoms with Crippen molar-refractivity contribution in [2.45, 2.75) is 12.8 Å². The van der Waals surface area contributed by atoms with Crippen LogP contribution in [0.15, 0.2) is 52.6 Å². The number of aromatic nitrogens is 3. The van der Waals surface area contributed by atoms with E-state index in [-0.39, 0.29) is 17.5 Å². The van der Waals surface area contributed by atoms with Crippen LogP contribution in [-0.4, -0.2) is 20.9 Å². The number of carbonyl (C=O) groups is 1. The molecule has 6 nitrogen and oxygen atoms in total. The van der Waals surface area contributed by atoms with Gasteiger partial charge in [0.2, 0.25) is 5.91 Å². The first-order valence-corrected chi connectivity index (χ1v) is 9.63. The summed E-state index contributed by atoms with van der Waals surface area (Å²) in [6, 6.07) is 13.5. The van der Waals surface area contributed by atoms with Gasteiger partial charge < -0.3 is 15.3 Å². The molecule has 0 aliphatic heterocycles. The van der Waals surface area contributed by atoms with E-state index in [0.717, 1.165) is 51.4 Å². The Labute approximate surface area is 158 Å². The van der Waals surface area contributed by atoms with Crippen LogP contribution < -0.4 is 11.0 Å². The van der Waals surface area contributed by atoms with Gasteiger partial charge in [-0.1, -0.05) is 18.2 Å². The number of hydrogen-bond donors (Lipinski definition) is 3. The maximum absolute atomic E-state index is 12.0. The fraction of sp³-hybridized carbons (Fsp3) is 0.150. The number of anilines is 1. The second kappa shape index (κ2) is 6.21. The van der Waals surface area contributed by atoms with Gasteiger partial charge in [-0.3, -0.25) is 4.79 Å². The van der Waals surface area contributed by atoms with Gasteiger partial charge in [-0.2, -0.15) is 0 Å². The number of imidazole rings is 1. The van der Waals surface area contributed by atoms with E-state index in [4.69, 9.17) is 4.98 Å². The molecule has 1 amide bonds. The maximum Gasteiger partial charge on any atom is 0.323 e. The van der Waals surface area contributed by atoms with Crippen LogP contribution in [0, 0.1) is 5.92 Å². The van der Waals surface area contributed by atoms with Crippen LogP contribution in [0.2, 0.25) is 0 Å². The van der Waals surface area contributed by atoms with Crippen molar-refractivity contribution in [3.05, 3.63) is 58.3 Å². The lowest BCUT2D eigenvalue weighted by Gasteiger charge is -2.05. The SMILES string of the molecule is O=C(Nc1cccc(-c2nc(-c3ccc4[nH]c(=O)[nH]c4c3)cs2)c1)C1CC1. The second-order valence-electron chi connectivity index (χ2n) is 6.72. The van der Waals surface area contributed by atoms with E-state index in [0.29, 0.717) is 0 Å². The van der Waals surface area contributed by atoms with E-state index in [1.165, 1.54) is 0 Å². The highest BCUT2D eigenvalue weighted by molar-refractivity contribution is 7.13. The van der Waals surface area contributed by atoms with Crippen molar-refractivity contribution < 1.29 is 4.79 Å². The van der Waals surface area contributed by atoms with Gasteiger partial charge in [0.05, 0.1) is 16.7 Å². The summed E-state index contributed by atoms with van der Waals surface area (Å²) in [6.07, 6.45) is 1.97. The fourth-order valence-electron chi connectivity index (χ4n) is 3.05. The second-order valence-corrected chi connectivity index (χ2v) is 7.58. The van der Waals surface area contributed by atoms with Gasteiger partial charge in [-0.25, -0.2) is 9.78 Å². The highest BCUT2D eigenvalue weighted by Gasteiger charge is 2.29. The van der Waals surface area contributed by atoms with Gasteiger partial charge in [0.1, 0.15) is 5.01 Å².